The van der Waals surface area contributed by atoms with E-state index in [2.05, 4.69) is 10.0 Å². The first-order valence-electron chi connectivity index (χ1n) is 9.22. The quantitative estimate of drug-likeness (QED) is 0.437. The van der Waals surface area contributed by atoms with Crippen LogP contribution in [0, 0.1) is 6.92 Å². The van der Waals surface area contributed by atoms with Crippen LogP contribution in [0.15, 0.2) is 76.5 Å². The van der Waals surface area contributed by atoms with E-state index in [-0.39, 0.29) is 16.6 Å². The van der Waals surface area contributed by atoms with Crippen molar-refractivity contribution < 1.29 is 17.9 Å². The third-order valence-electron chi connectivity index (χ3n) is 4.32. The highest BCUT2D eigenvalue weighted by Crippen LogP contribution is 2.25. The Morgan fingerprint density at radius 1 is 1.03 bits per heavy atom. The maximum absolute atomic E-state index is 12.6. The smallest absolute Gasteiger partial charge is 0.261 e. The van der Waals surface area contributed by atoms with E-state index in [0.29, 0.717) is 16.4 Å². The Balaban J connectivity index is 1.59. The minimum Gasteiger partial charge on any atom is -0.497 e. The summed E-state index contributed by atoms with van der Waals surface area (Å²) in [5, 5.41) is 3.20. The first kappa shape index (κ1) is 23.0. The van der Waals surface area contributed by atoms with Crippen LogP contribution >= 0.6 is 23.4 Å². The van der Waals surface area contributed by atoms with Gasteiger partial charge >= 0.3 is 0 Å². The zero-order valence-corrected chi connectivity index (χ0v) is 19.3. The summed E-state index contributed by atoms with van der Waals surface area (Å²) in [5.74, 6) is 0.787. The average molecular weight is 477 g/mol. The van der Waals surface area contributed by atoms with Crippen molar-refractivity contribution in [1.82, 2.24) is 0 Å². The molecule has 0 aromatic heterocycles. The van der Waals surface area contributed by atoms with Crippen LogP contribution in [-0.2, 0) is 14.8 Å². The van der Waals surface area contributed by atoms with Crippen LogP contribution in [0.25, 0.3) is 0 Å². The molecule has 1 amide bonds. The second-order valence-corrected chi connectivity index (χ2v) is 9.77. The summed E-state index contributed by atoms with van der Waals surface area (Å²) >= 11 is 7.35. The lowest BCUT2D eigenvalue weighted by Crippen LogP contribution is -2.15. The van der Waals surface area contributed by atoms with E-state index in [4.69, 9.17) is 16.3 Å². The highest BCUT2D eigenvalue weighted by molar-refractivity contribution is 8.00. The standard InChI is InChI=1S/C22H21ClN2O4S2/c1-15-3-4-16(23)13-21(15)25-31(27,28)20-11-5-17(6-12-20)24-22(26)14-30-19-9-7-18(29-2)8-10-19/h3-13,25H,14H2,1-2H3,(H,24,26). The fraction of sp³-hybridized carbons (Fsp3) is 0.136. The van der Waals surface area contributed by atoms with Gasteiger partial charge in [-0.2, -0.15) is 0 Å². The SMILES string of the molecule is COc1ccc(SCC(=O)Nc2ccc(S(=O)(=O)Nc3cc(Cl)ccc3C)cc2)cc1. The number of carbonyl (C=O) groups is 1. The van der Waals surface area contributed by atoms with Crippen LogP contribution in [0.4, 0.5) is 11.4 Å². The molecule has 0 saturated carbocycles. The molecule has 3 aromatic carbocycles. The first-order valence-corrected chi connectivity index (χ1v) is 12.1. The Bertz CT molecular complexity index is 1170. The number of halogens is 1. The molecular formula is C22H21ClN2O4S2. The van der Waals surface area contributed by atoms with Crippen LogP contribution < -0.4 is 14.8 Å². The van der Waals surface area contributed by atoms with Crippen LogP contribution in [-0.4, -0.2) is 27.2 Å². The molecule has 0 fully saturated rings. The van der Waals surface area contributed by atoms with Gasteiger partial charge in [-0.15, -0.1) is 11.8 Å². The zero-order valence-electron chi connectivity index (χ0n) is 16.9. The number of sulfonamides is 1. The fourth-order valence-corrected chi connectivity index (χ4v) is 4.64. The molecule has 0 spiro atoms. The normalized spacial score (nSPS) is 11.1. The predicted molar refractivity (Wildman–Crippen MR) is 126 cm³/mol. The Labute approximate surface area is 191 Å². The van der Waals surface area contributed by atoms with Crippen molar-refractivity contribution in [2.24, 2.45) is 0 Å². The lowest BCUT2D eigenvalue weighted by Gasteiger charge is -2.12. The number of methoxy groups -OCH3 is 1. The lowest BCUT2D eigenvalue weighted by molar-refractivity contribution is -0.113. The number of benzene rings is 3. The molecule has 6 nitrogen and oxygen atoms in total. The molecule has 0 radical (unpaired) electrons. The number of hydrogen-bond donors (Lipinski definition) is 2. The van der Waals surface area contributed by atoms with E-state index >= 15 is 0 Å². The summed E-state index contributed by atoms with van der Waals surface area (Å²) in [7, 11) is -2.19. The number of thioether (sulfide) groups is 1. The van der Waals surface area contributed by atoms with Crippen molar-refractivity contribution in [3.8, 4) is 5.75 Å². The van der Waals surface area contributed by atoms with Gasteiger partial charge in [-0.1, -0.05) is 17.7 Å². The van der Waals surface area contributed by atoms with E-state index in [1.165, 1.54) is 23.9 Å². The number of amides is 1. The van der Waals surface area contributed by atoms with Gasteiger partial charge in [0.25, 0.3) is 10.0 Å². The van der Waals surface area contributed by atoms with Gasteiger partial charge < -0.3 is 10.1 Å². The van der Waals surface area contributed by atoms with E-state index < -0.39 is 10.0 Å². The van der Waals surface area contributed by atoms with Crippen LogP contribution in [0.5, 0.6) is 5.75 Å². The molecule has 0 heterocycles. The minimum atomic E-state index is -3.79. The largest absolute Gasteiger partial charge is 0.497 e. The molecule has 2 N–H and O–H groups in total. The van der Waals surface area contributed by atoms with Gasteiger partial charge in [0.1, 0.15) is 5.75 Å². The zero-order chi connectivity index (χ0) is 22.4. The molecule has 3 rings (SSSR count). The molecule has 9 heteroatoms. The number of hydrogen-bond acceptors (Lipinski definition) is 5. The molecule has 0 saturated heterocycles. The van der Waals surface area contributed by atoms with Gasteiger partial charge in [0.05, 0.1) is 23.4 Å². The van der Waals surface area contributed by atoms with E-state index in [1.807, 2.05) is 24.3 Å². The summed E-state index contributed by atoms with van der Waals surface area (Å²) in [6.45, 7) is 1.79. The van der Waals surface area contributed by atoms with Gasteiger partial charge in [-0.3, -0.25) is 9.52 Å². The van der Waals surface area contributed by atoms with Crippen LogP contribution in [0.3, 0.4) is 0 Å². The molecule has 0 aliphatic carbocycles. The number of ether oxygens (including phenoxy) is 1. The highest BCUT2D eigenvalue weighted by Gasteiger charge is 2.16. The van der Waals surface area contributed by atoms with E-state index in [0.717, 1.165) is 16.2 Å². The monoisotopic (exact) mass is 476 g/mol. The Hall–Kier alpha value is -2.68. The molecule has 31 heavy (non-hydrogen) atoms. The molecule has 0 bridgehead atoms. The third-order valence-corrected chi connectivity index (χ3v) is 6.95. The van der Waals surface area contributed by atoms with Crippen molar-refractivity contribution in [3.05, 3.63) is 77.3 Å². The summed E-state index contributed by atoms with van der Waals surface area (Å²) < 4.78 is 32.9. The Morgan fingerprint density at radius 2 is 1.71 bits per heavy atom. The Kier molecular flexibility index (Phi) is 7.48. The number of carbonyl (C=O) groups excluding carboxylic acids is 1. The number of anilines is 2. The maximum Gasteiger partial charge on any atom is 0.261 e. The van der Waals surface area contributed by atoms with Crippen LogP contribution in [0.2, 0.25) is 5.02 Å². The molecule has 0 aliphatic rings. The fourth-order valence-electron chi connectivity index (χ4n) is 2.64. The van der Waals surface area contributed by atoms with Crippen LogP contribution in [0.1, 0.15) is 5.56 Å². The molecule has 0 atom stereocenters. The second kappa shape index (κ2) is 10.1. The molecular weight excluding hydrogens is 456 g/mol. The highest BCUT2D eigenvalue weighted by atomic mass is 35.5. The summed E-state index contributed by atoms with van der Waals surface area (Å²) in [6.07, 6.45) is 0. The molecule has 0 aliphatic heterocycles. The number of nitrogens with one attached hydrogen (secondary N) is 2. The molecule has 3 aromatic rings. The van der Waals surface area contributed by atoms with Gasteiger partial charge in [-0.25, -0.2) is 8.42 Å². The lowest BCUT2D eigenvalue weighted by atomic mass is 10.2. The molecule has 162 valence electrons. The van der Waals surface area contributed by atoms with Gasteiger partial charge in [0.2, 0.25) is 5.91 Å². The topological polar surface area (TPSA) is 84.5 Å². The van der Waals surface area contributed by atoms with Crippen molar-refractivity contribution in [2.45, 2.75) is 16.7 Å². The van der Waals surface area contributed by atoms with Gasteiger partial charge in [0, 0.05) is 15.6 Å². The third kappa shape index (κ3) is 6.40. The maximum atomic E-state index is 12.6. The number of aryl methyl sites for hydroxylation is 1. The van der Waals surface area contributed by atoms with E-state index in [1.54, 1.807) is 44.4 Å². The van der Waals surface area contributed by atoms with E-state index in [9.17, 15) is 13.2 Å². The summed E-state index contributed by atoms with van der Waals surface area (Å²) in [5.41, 5.74) is 1.69. The summed E-state index contributed by atoms with van der Waals surface area (Å²) in [6, 6.07) is 18.4. The average Bonchev–Trinajstić information content (AvgIpc) is 2.75. The van der Waals surface area contributed by atoms with Gasteiger partial charge in [-0.05, 0) is 73.2 Å². The minimum absolute atomic E-state index is 0.0810. The first-order chi connectivity index (χ1) is 14.8. The summed E-state index contributed by atoms with van der Waals surface area (Å²) in [4.78, 5) is 13.2. The van der Waals surface area contributed by atoms with Crippen molar-refractivity contribution in [1.29, 1.82) is 0 Å². The van der Waals surface area contributed by atoms with Crippen molar-refractivity contribution in [3.63, 3.8) is 0 Å². The number of rotatable bonds is 8. The van der Waals surface area contributed by atoms with Crippen molar-refractivity contribution >= 4 is 50.7 Å². The second-order valence-electron chi connectivity index (χ2n) is 6.60. The molecule has 0 unspecified atom stereocenters. The van der Waals surface area contributed by atoms with Gasteiger partial charge in [0.15, 0.2) is 0 Å². The Morgan fingerprint density at radius 3 is 2.35 bits per heavy atom. The predicted octanol–water partition coefficient (Wildman–Crippen LogP) is 5.19. The van der Waals surface area contributed by atoms with Crippen molar-refractivity contribution in [2.75, 3.05) is 22.9 Å².